The third kappa shape index (κ3) is 2.36. The zero-order chi connectivity index (χ0) is 9.80. The zero-order valence-electron chi connectivity index (χ0n) is 7.50. The van der Waals surface area contributed by atoms with Gasteiger partial charge in [-0.15, -0.1) is 0 Å². The molecular weight excluding hydrogens is 238 g/mol. The number of anilines is 2. The van der Waals surface area contributed by atoms with Gasteiger partial charge in [0.2, 0.25) is 0 Å². The van der Waals surface area contributed by atoms with Crippen molar-refractivity contribution in [3.63, 3.8) is 0 Å². The fourth-order valence-electron chi connectivity index (χ4n) is 1.17. The van der Waals surface area contributed by atoms with Crippen LogP contribution in [-0.2, 0) is 0 Å². The maximum atomic E-state index is 3.40. The highest BCUT2D eigenvalue weighted by atomic mass is 79.9. The lowest BCUT2D eigenvalue weighted by Gasteiger charge is -2.05. The topological polar surface area (TPSA) is 12.0 Å². The molecule has 1 radical (unpaired) electrons. The number of hydrogen-bond donors (Lipinski definition) is 1. The molecule has 1 nitrogen and oxygen atoms in total. The van der Waals surface area contributed by atoms with Crippen LogP contribution in [0.3, 0.4) is 0 Å². The molecule has 0 aliphatic rings. The third-order valence-corrected chi connectivity index (χ3v) is 2.38. The molecule has 0 aliphatic carbocycles. The minimum Gasteiger partial charge on any atom is -0.356 e. The predicted molar refractivity (Wildman–Crippen MR) is 62.7 cm³/mol. The third-order valence-electron chi connectivity index (χ3n) is 1.85. The van der Waals surface area contributed by atoms with Crippen LogP contribution in [0.1, 0.15) is 0 Å². The normalized spacial score (nSPS) is 9.79. The highest BCUT2D eigenvalue weighted by Crippen LogP contribution is 2.18. The second kappa shape index (κ2) is 4.29. The molecule has 0 heterocycles. The highest BCUT2D eigenvalue weighted by molar-refractivity contribution is 9.10. The molecule has 0 bridgehead atoms. The Labute approximate surface area is 91.9 Å². The predicted octanol–water partition coefficient (Wildman–Crippen LogP) is 3.99. The lowest BCUT2D eigenvalue weighted by atomic mass is 10.3. The van der Waals surface area contributed by atoms with E-state index in [1.54, 1.807) is 0 Å². The van der Waals surface area contributed by atoms with Gasteiger partial charge in [0, 0.05) is 15.8 Å². The van der Waals surface area contributed by atoms with Gasteiger partial charge >= 0.3 is 0 Å². The van der Waals surface area contributed by atoms with Crippen LogP contribution < -0.4 is 5.32 Å². The van der Waals surface area contributed by atoms with Crippen LogP contribution in [0.2, 0.25) is 0 Å². The van der Waals surface area contributed by atoms with Crippen LogP contribution in [-0.4, -0.2) is 0 Å². The quantitative estimate of drug-likeness (QED) is 0.845. The summed E-state index contributed by atoms with van der Waals surface area (Å²) < 4.78 is 1.09. The van der Waals surface area contributed by atoms with Gasteiger partial charge in [-0.3, -0.25) is 0 Å². The Morgan fingerprint density at radius 3 is 2.07 bits per heavy atom. The molecule has 0 unspecified atom stereocenters. The van der Waals surface area contributed by atoms with E-state index in [0.717, 1.165) is 15.8 Å². The van der Waals surface area contributed by atoms with Crippen LogP contribution in [0.25, 0.3) is 0 Å². The Morgan fingerprint density at radius 1 is 0.857 bits per heavy atom. The van der Waals surface area contributed by atoms with E-state index in [1.807, 2.05) is 48.5 Å². The summed E-state index contributed by atoms with van der Waals surface area (Å²) in [5.74, 6) is 0. The van der Waals surface area contributed by atoms with Crippen molar-refractivity contribution in [2.45, 2.75) is 0 Å². The largest absolute Gasteiger partial charge is 0.356 e. The van der Waals surface area contributed by atoms with E-state index in [1.165, 1.54) is 0 Å². The summed E-state index contributed by atoms with van der Waals surface area (Å²) in [5, 5.41) is 3.29. The van der Waals surface area contributed by atoms with Crippen molar-refractivity contribution in [2.75, 3.05) is 5.32 Å². The van der Waals surface area contributed by atoms with Crippen molar-refractivity contribution < 1.29 is 0 Å². The second-order valence-electron chi connectivity index (χ2n) is 2.92. The van der Waals surface area contributed by atoms with E-state index in [4.69, 9.17) is 0 Å². The van der Waals surface area contributed by atoms with Gasteiger partial charge in [0.25, 0.3) is 0 Å². The van der Waals surface area contributed by atoms with Crippen molar-refractivity contribution in [3.05, 3.63) is 59.1 Å². The minimum absolute atomic E-state index is 1.08. The molecule has 0 saturated carbocycles. The SMILES string of the molecule is Brc1ccc(Nc2cc[c]cc2)cc1. The van der Waals surface area contributed by atoms with Gasteiger partial charge in [0.15, 0.2) is 0 Å². The molecule has 0 amide bonds. The monoisotopic (exact) mass is 246 g/mol. The summed E-state index contributed by atoms with van der Waals surface area (Å²) in [4.78, 5) is 0. The van der Waals surface area contributed by atoms with E-state index < -0.39 is 0 Å². The van der Waals surface area contributed by atoms with E-state index in [2.05, 4.69) is 27.3 Å². The van der Waals surface area contributed by atoms with Gasteiger partial charge in [-0.05, 0) is 42.5 Å². The van der Waals surface area contributed by atoms with E-state index >= 15 is 0 Å². The minimum atomic E-state index is 1.08. The van der Waals surface area contributed by atoms with Gasteiger partial charge in [0.05, 0.1) is 0 Å². The zero-order valence-corrected chi connectivity index (χ0v) is 9.08. The highest BCUT2D eigenvalue weighted by Gasteiger charge is 1.92. The fourth-order valence-corrected chi connectivity index (χ4v) is 1.43. The maximum Gasteiger partial charge on any atom is 0.0384 e. The van der Waals surface area contributed by atoms with Crippen LogP contribution in [0.15, 0.2) is 53.0 Å². The number of rotatable bonds is 2. The van der Waals surface area contributed by atoms with Crippen molar-refractivity contribution in [1.82, 2.24) is 0 Å². The molecule has 2 aromatic rings. The molecule has 0 fully saturated rings. The van der Waals surface area contributed by atoms with Crippen molar-refractivity contribution in [3.8, 4) is 0 Å². The summed E-state index contributed by atoms with van der Waals surface area (Å²) >= 11 is 3.40. The number of halogens is 1. The standard InChI is InChI=1S/C12H9BrN/c13-10-6-8-12(9-7-10)14-11-4-2-1-3-5-11/h2-9,14H. The molecule has 2 heteroatoms. The van der Waals surface area contributed by atoms with Crippen molar-refractivity contribution in [1.29, 1.82) is 0 Å². The summed E-state index contributed by atoms with van der Waals surface area (Å²) in [7, 11) is 0. The van der Waals surface area contributed by atoms with Gasteiger partial charge in [0.1, 0.15) is 0 Å². The number of hydrogen-bond acceptors (Lipinski definition) is 1. The smallest absolute Gasteiger partial charge is 0.0384 e. The number of nitrogens with one attached hydrogen (secondary N) is 1. The lowest BCUT2D eigenvalue weighted by molar-refractivity contribution is 1.53. The van der Waals surface area contributed by atoms with Gasteiger partial charge in [-0.25, -0.2) is 0 Å². The van der Waals surface area contributed by atoms with Crippen LogP contribution in [0.5, 0.6) is 0 Å². The Bertz CT molecular complexity index is 394. The second-order valence-corrected chi connectivity index (χ2v) is 3.84. The fraction of sp³-hybridized carbons (Fsp3) is 0. The van der Waals surface area contributed by atoms with Crippen LogP contribution in [0, 0.1) is 6.07 Å². The van der Waals surface area contributed by atoms with E-state index in [9.17, 15) is 0 Å². The maximum absolute atomic E-state index is 3.40. The lowest BCUT2D eigenvalue weighted by Crippen LogP contribution is -1.88. The Morgan fingerprint density at radius 2 is 1.43 bits per heavy atom. The van der Waals surface area contributed by atoms with Crippen LogP contribution >= 0.6 is 15.9 Å². The first-order valence-electron chi connectivity index (χ1n) is 4.33. The van der Waals surface area contributed by atoms with Crippen molar-refractivity contribution in [2.24, 2.45) is 0 Å². The number of benzene rings is 2. The van der Waals surface area contributed by atoms with Crippen molar-refractivity contribution >= 4 is 27.3 Å². The average Bonchev–Trinajstić information content (AvgIpc) is 2.23. The van der Waals surface area contributed by atoms with E-state index in [0.29, 0.717) is 0 Å². The molecule has 1 N–H and O–H groups in total. The molecule has 69 valence electrons. The molecule has 0 saturated heterocycles. The first kappa shape index (κ1) is 9.28. The molecule has 0 aliphatic heterocycles. The Balaban J connectivity index is 2.16. The Kier molecular flexibility index (Phi) is 2.84. The molecule has 14 heavy (non-hydrogen) atoms. The first-order chi connectivity index (χ1) is 6.84. The summed E-state index contributed by atoms with van der Waals surface area (Å²) in [6.45, 7) is 0. The first-order valence-corrected chi connectivity index (χ1v) is 5.12. The molecular formula is C12H9BrN. The molecule has 2 rings (SSSR count). The molecule has 2 aromatic carbocycles. The summed E-state index contributed by atoms with van der Waals surface area (Å²) in [6.07, 6.45) is 0. The average molecular weight is 247 g/mol. The van der Waals surface area contributed by atoms with Gasteiger partial charge in [-0.2, -0.15) is 0 Å². The Hall–Kier alpha value is -1.28. The van der Waals surface area contributed by atoms with Gasteiger partial charge in [-0.1, -0.05) is 28.1 Å². The molecule has 0 atom stereocenters. The van der Waals surface area contributed by atoms with Crippen LogP contribution in [0.4, 0.5) is 11.4 Å². The summed E-state index contributed by atoms with van der Waals surface area (Å²) in [5.41, 5.74) is 2.16. The summed E-state index contributed by atoms with van der Waals surface area (Å²) in [6, 6.07) is 18.8. The molecule has 0 aromatic heterocycles. The van der Waals surface area contributed by atoms with Gasteiger partial charge < -0.3 is 5.32 Å². The molecule has 0 spiro atoms. The van der Waals surface area contributed by atoms with E-state index in [-0.39, 0.29) is 0 Å².